The molecule has 0 saturated carbocycles. The number of benzene rings is 1. The summed E-state index contributed by atoms with van der Waals surface area (Å²) >= 11 is 0. The van der Waals surface area contributed by atoms with Crippen molar-refractivity contribution in [2.45, 2.75) is 25.7 Å². The molecule has 0 fully saturated rings. The van der Waals surface area contributed by atoms with Crippen molar-refractivity contribution in [1.82, 2.24) is 4.90 Å². The summed E-state index contributed by atoms with van der Waals surface area (Å²) in [4.78, 5) is 24.4. The molecule has 1 aliphatic heterocycles. The number of carboxylic acid groups (broad SMARTS) is 1. The molecular weight excluding hydrogens is 230 g/mol. The topological polar surface area (TPSA) is 57.6 Å². The largest absolute Gasteiger partial charge is 0.465 e. The number of hydrogen-bond acceptors (Lipinski definition) is 2. The quantitative estimate of drug-likeness (QED) is 0.759. The van der Waals surface area contributed by atoms with Crippen molar-refractivity contribution in [3.05, 3.63) is 34.4 Å². The van der Waals surface area contributed by atoms with Gasteiger partial charge in [0, 0.05) is 25.1 Å². The number of hydrogen-bond donors (Lipinski definition) is 1. The molecule has 1 aromatic carbocycles. The first-order valence-electron chi connectivity index (χ1n) is 6.31. The smallest absolute Gasteiger partial charge is 0.407 e. The van der Waals surface area contributed by atoms with E-state index in [2.05, 4.69) is 6.07 Å². The molecule has 1 amide bonds. The molecule has 4 nitrogen and oxygen atoms in total. The monoisotopic (exact) mass is 245 g/mol. The molecule has 94 valence electrons. The van der Waals surface area contributed by atoms with E-state index >= 15 is 0 Å². The second-order valence-corrected chi connectivity index (χ2v) is 4.93. The van der Waals surface area contributed by atoms with Crippen LogP contribution in [0.4, 0.5) is 4.79 Å². The molecule has 0 spiro atoms. The van der Waals surface area contributed by atoms with E-state index < -0.39 is 6.09 Å². The third kappa shape index (κ3) is 1.68. The fourth-order valence-electron chi connectivity index (χ4n) is 2.99. The van der Waals surface area contributed by atoms with Crippen LogP contribution in [0.25, 0.3) is 0 Å². The summed E-state index contributed by atoms with van der Waals surface area (Å²) in [5, 5.41) is 9.05. The van der Waals surface area contributed by atoms with Gasteiger partial charge in [0.05, 0.1) is 0 Å². The van der Waals surface area contributed by atoms with Gasteiger partial charge in [0.15, 0.2) is 5.78 Å². The Hall–Kier alpha value is -1.84. The van der Waals surface area contributed by atoms with Gasteiger partial charge in [-0.25, -0.2) is 4.79 Å². The summed E-state index contributed by atoms with van der Waals surface area (Å²) in [6.07, 6.45) is 1.95. The van der Waals surface area contributed by atoms with Crippen molar-refractivity contribution in [1.29, 1.82) is 0 Å². The Bertz CT molecular complexity index is 536. The number of aryl methyl sites for hydroxylation is 1. The van der Waals surface area contributed by atoms with E-state index in [9.17, 15) is 9.59 Å². The van der Waals surface area contributed by atoms with Crippen molar-refractivity contribution in [2.75, 3.05) is 13.1 Å². The maximum Gasteiger partial charge on any atom is 0.407 e. The molecule has 0 radical (unpaired) electrons. The van der Waals surface area contributed by atoms with Crippen LogP contribution in [0.1, 0.15) is 33.5 Å². The number of carbonyl (C=O) groups excluding carboxylic acids is 1. The second-order valence-electron chi connectivity index (χ2n) is 4.93. The average Bonchev–Trinajstić information content (AvgIpc) is 2.61. The van der Waals surface area contributed by atoms with Gasteiger partial charge in [0.25, 0.3) is 0 Å². The Labute approximate surface area is 105 Å². The number of fused-ring (bicyclic) bond motifs is 3. The van der Waals surface area contributed by atoms with Gasteiger partial charge in [-0.05, 0) is 36.0 Å². The molecule has 3 rings (SSSR count). The van der Waals surface area contributed by atoms with Crippen LogP contribution in [-0.2, 0) is 19.3 Å². The lowest BCUT2D eigenvalue weighted by Crippen LogP contribution is -2.31. The second kappa shape index (κ2) is 4.12. The number of ketones is 1. The number of nitrogens with zero attached hydrogens (tertiary/aromatic N) is 1. The number of rotatable bonds is 0. The van der Waals surface area contributed by atoms with E-state index in [4.69, 9.17) is 5.11 Å². The first-order valence-corrected chi connectivity index (χ1v) is 6.31. The number of carbonyl (C=O) groups is 2. The van der Waals surface area contributed by atoms with Crippen LogP contribution in [0.15, 0.2) is 12.1 Å². The Morgan fingerprint density at radius 1 is 1.06 bits per heavy atom. The maximum absolute atomic E-state index is 11.9. The minimum atomic E-state index is -0.870. The molecular formula is C14H15NO3. The fraction of sp³-hybridized carbons (Fsp3) is 0.429. The van der Waals surface area contributed by atoms with Gasteiger partial charge in [-0.2, -0.15) is 0 Å². The summed E-state index contributed by atoms with van der Waals surface area (Å²) in [6.45, 7) is 1.02. The standard InChI is InChI=1S/C14H15NO3/c16-12-4-3-10-2-1-9-5-7-15(14(17)18)8-6-11(9)13(10)12/h1-2H,3-8H2,(H,17,18). The molecule has 2 aliphatic rings. The molecule has 1 N–H and O–H groups in total. The highest BCUT2D eigenvalue weighted by atomic mass is 16.4. The first kappa shape index (κ1) is 11.3. The summed E-state index contributed by atoms with van der Waals surface area (Å²) in [7, 11) is 0. The van der Waals surface area contributed by atoms with Gasteiger partial charge in [-0.1, -0.05) is 12.1 Å². The van der Waals surface area contributed by atoms with Crippen LogP contribution in [0, 0.1) is 0 Å². The summed E-state index contributed by atoms with van der Waals surface area (Å²) in [5.74, 6) is 0.227. The molecule has 1 aromatic rings. The van der Waals surface area contributed by atoms with Crippen molar-refractivity contribution in [3.63, 3.8) is 0 Å². The van der Waals surface area contributed by atoms with Crippen LogP contribution in [-0.4, -0.2) is 35.0 Å². The zero-order valence-electron chi connectivity index (χ0n) is 10.1. The minimum Gasteiger partial charge on any atom is -0.465 e. The van der Waals surface area contributed by atoms with E-state index in [-0.39, 0.29) is 5.78 Å². The highest BCUT2D eigenvalue weighted by molar-refractivity contribution is 6.02. The van der Waals surface area contributed by atoms with Crippen molar-refractivity contribution < 1.29 is 14.7 Å². The van der Waals surface area contributed by atoms with E-state index in [0.717, 1.165) is 28.7 Å². The lowest BCUT2D eigenvalue weighted by molar-refractivity contribution is 0.0993. The van der Waals surface area contributed by atoms with Crippen molar-refractivity contribution in [2.24, 2.45) is 0 Å². The van der Waals surface area contributed by atoms with Crippen LogP contribution in [0.5, 0.6) is 0 Å². The van der Waals surface area contributed by atoms with Gasteiger partial charge in [0.1, 0.15) is 0 Å². The van der Waals surface area contributed by atoms with Crippen molar-refractivity contribution >= 4 is 11.9 Å². The summed E-state index contributed by atoms with van der Waals surface area (Å²) in [5.41, 5.74) is 4.27. The first-order chi connectivity index (χ1) is 8.66. The third-order valence-electron chi connectivity index (χ3n) is 3.95. The fourth-order valence-corrected chi connectivity index (χ4v) is 2.99. The average molecular weight is 245 g/mol. The van der Waals surface area contributed by atoms with Gasteiger partial charge in [0.2, 0.25) is 0 Å². The molecule has 1 heterocycles. The molecule has 4 heteroatoms. The lowest BCUT2D eigenvalue weighted by atomic mass is 9.94. The van der Waals surface area contributed by atoms with Crippen LogP contribution in [0.2, 0.25) is 0 Å². The normalized spacial score (nSPS) is 18.2. The van der Waals surface area contributed by atoms with E-state index in [1.807, 2.05) is 6.07 Å². The maximum atomic E-state index is 11.9. The summed E-state index contributed by atoms with van der Waals surface area (Å²) < 4.78 is 0. The lowest BCUT2D eigenvalue weighted by Gasteiger charge is -2.15. The van der Waals surface area contributed by atoms with Crippen molar-refractivity contribution in [3.8, 4) is 0 Å². The van der Waals surface area contributed by atoms with Crippen LogP contribution < -0.4 is 0 Å². The predicted molar refractivity (Wildman–Crippen MR) is 66.1 cm³/mol. The Balaban J connectivity index is 2.00. The highest BCUT2D eigenvalue weighted by Crippen LogP contribution is 2.30. The molecule has 0 aromatic heterocycles. The van der Waals surface area contributed by atoms with Gasteiger partial charge in [-0.15, -0.1) is 0 Å². The van der Waals surface area contributed by atoms with Crippen LogP contribution >= 0.6 is 0 Å². The zero-order chi connectivity index (χ0) is 12.7. The molecule has 1 aliphatic carbocycles. The zero-order valence-corrected chi connectivity index (χ0v) is 10.1. The van der Waals surface area contributed by atoms with Crippen LogP contribution in [0.3, 0.4) is 0 Å². The summed E-state index contributed by atoms with van der Waals surface area (Å²) in [6, 6.07) is 4.10. The Kier molecular flexibility index (Phi) is 2.58. The van der Waals surface area contributed by atoms with Gasteiger partial charge in [-0.3, -0.25) is 4.79 Å². The van der Waals surface area contributed by atoms with Gasteiger partial charge >= 0.3 is 6.09 Å². The SMILES string of the molecule is O=C1CCc2ccc3c(c21)CCN(C(=O)O)CC3. The number of Topliss-reactive ketones (excluding diaryl/α,β-unsaturated/α-hetero) is 1. The van der Waals surface area contributed by atoms with E-state index in [0.29, 0.717) is 32.4 Å². The van der Waals surface area contributed by atoms with E-state index in [1.54, 1.807) is 0 Å². The highest BCUT2D eigenvalue weighted by Gasteiger charge is 2.27. The molecule has 0 bridgehead atoms. The molecule has 18 heavy (non-hydrogen) atoms. The Morgan fingerprint density at radius 3 is 2.56 bits per heavy atom. The third-order valence-corrected chi connectivity index (χ3v) is 3.95. The van der Waals surface area contributed by atoms with E-state index in [1.165, 1.54) is 4.90 Å². The number of amides is 1. The Morgan fingerprint density at radius 2 is 1.78 bits per heavy atom. The molecule has 0 atom stereocenters. The predicted octanol–water partition coefficient (Wildman–Crippen LogP) is 1.89. The molecule has 0 unspecified atom stereocenters. The molecule has 0 saturated heterocycles. The van der Waals surface area contributed by atoms with Gasteiger partial charge < -0.3 is 10.0 Å². The minimum absolute atomic E-state index is 0.227.